The van der Waals surface area contributed by atoms with Crippen molar-refractivity contribution in [3.05, 3.63) is 64.7 Å². The van der Waals surface area contributed by atoms with Crippen molar-refractivity contribution in [3.8, 4) is 0 Å². The fourth-order valence-corrected chi connectivity index (χ4v) is 4.67. The average Bonchev–Trinajstić information content (AvgIpc) is 3.37. The van der Waals surface area contributed by atoms with E-state index in [9.17, 15) is 14.4 Å². The molecule has 0 atom stereocenters. The van der Waals surface area contributed by atoms with Crippen LogP contribution in [-0.2, 0) is 27.4 Å². The normalized spacial score (nSPS) is 13.3. The number of nitrogens with two attached hydrogens (primary N) is 1. The number of carbonyl (C=O) groups is 3. The van der Waals surface area contributed by atoms with Crippen molar-refractivity contribution in [1.82, 2.24) is 20.2 Å². The molecule has 0 unspecified atom stereocenters. The van der Waals surface area contributed by atoms with Crippen molar-refractivity contribution in [2.24, 2.45) is 10.9 Å². The van der Waals surface area contributed by atoms with Crippen LogP contribution in [0.4, 0.5) is 10.5 Å². The first-order valence-electron chi connectivity index (χ1n) is 14.0. The van der Waals surface area contributed by atoms with Crippen molar-refractivity contribution in [2.45, 2.75) is 53.3 Å². The Kier molecular flexibility index (Phi) is 10.8. The first-order valence-corrected chi connectivity index (χ1v) is 14.0. The molecule has 228 valence electrons. The lowest BCUT2D eigenvalue weighted by molar-refractivity contribution is -0.145. The molecule has 0 saturated heterocycles. The molecule has 1 aliphatic heterocycles. The molecule has 4 N–H and O–H groups in total. The highest BCUT2D eigenvalue weighted by Gasteiger charge is 2.27. The highest BCUT2D eigenvalue weighted by Crippen LogP contribution is 2.25. The Morgan fingerprint density at radius 3 is 2.29 bits per heavy atom. The zero-order valence-corrected chi connectivity index (χ0v) is 25.4. The summed E-state index contributed by atoms with van der Waals surface area (Å²) in [6.07, 6.45) is -0.444. The van der Waals surface area contributed by atoms with Crippen molar-refractivity contribution in [3.63, 3.8) is 0 Å². The maximum absolute atomic E-state index is 13.5. The van der Waals surface area contributed by atoms with Crippen LogP contribution in [0.3, 0.4) is 0 Å². The summed E-state index contributed by atoms with van der Waals surface area (Å²) in [6, 6.07) is 13.2. The number of carbonyl (C=O) groups excluding carboxylic acids is 3. The minimum absolute atomic E-state index is 0.0381. The Hall–Kier alpha value is -4.32. The smallest absolute Gasteiger partial charge is 0.410 e. The third-order valence-electron chi connectivity index (χ3n) is 6.95. The number of nitrogens with zero attached hydrogens (tertiary/aromatic N) is 5. The number of fused-ring (bicyclic) bond motifs is 1. The third kappa shape index (κ3) is 8.59. The zero-order chi connectivity index (χ0) is 31.0. The number of likely N-dealkylation sites (N-methyl/N-ethyl adjacent to an activating group) is 2. The van der Waals surface area contributed by atoms with Gasteiger partial charge in [0.1, 0.15) is 5.60 Å². The highest BCUT2D eigenvalue weighted by molar-refractivity contribution is 5.98. The minimum atomic E-state index is -0.618. The largest absolute Gasteiger partial charge is 0.444 e. The van der Waals surface area contributed by atoms with E-state index < -0.39 is 11.7 Å². The van der Waals surface area contributed by atoms with Crippen LogP contribution in [0, 0.1) is 6.92 Å². The van der Waals surface area contributed by atoms with E-state index in [1.807, 2.05) is 31.0 Å². The van der Waals surface area contributed by atoms with Crippen molar-refractivity contribution in [1.29, 1.82) is 0 Å². The molecule has 0 fully saturated rings. The van der Waals surface area contributed by atoms with E-state index >= 15 is 0 Å². The van der Waals surface area contributed by atoms with Gasteiger partial charge in [-0.2, -0.15) is 0 Å². The molecule has 2 aromatic rings. The number of amides is 3. The van der Waals surface area contributed by atoms with Gasteiger partial charge in [-0.25, -0.2) is 9.80 Å². The topological polar surface area (TPSA) is 144 Å². The van der Waals surface area contributed by atoms with Crippen LogP contribution in [0.5, 0.6) is 0 Å². The SMILES string of the molecule is CCN(CCNC(=O)CN(CC(=O)N(C)N1Cc2ccccc2C1)c1ccc(C(N)=NO)cc1C)C(=O)OC(C)(C)C. The van der Waals surface area contributed by atoms with E-state index in [1.54, 1.807) is 55.9 Å². The number of hydrazine groups is 1. The Balaban J connectivity index is 1.71. The Labute approximate surface area is 247 Å². The molecule has 0 aliphatic carbocycles. The molecule has 0 aromatic heterocycles. The lowest BCUT2D eigenvalue weighted by atomic mass is 10.1. The molecule has 12 nitrogen and oxygen atoms in total. The second-order valence-corrected chi connectivity index (χ2v) is 11.3. The van der Waals surface area contributed by atoms with Crippen LogP contribution >= 0.6 is 0 Å². The van der Waals surface area contributed by atoms with E-state index in [0.717, 1.165) is 5.56 Å². The van der Waals surface area contributed by atoms with Crippen LogP contribution in [0.2, 0.25) is 0 Å². The summed E-state index contributed by atoms with van der Waals surface area (Å²) < 4.78 is 5.43. The number of ether oxygens (including phenoxy) is 1. The Morgan fingerprint density at radius 1 is 1.10 bits per heavy atom. The van der Waals surface area contributed by atoms with E-state index in [2.05, 4.69) is 22.6 Å². The van der Waals surface area contributed by atoms with Gasteiger partial charge in [0.25, 0.3) is 5.91 Å². The molecule has 1 aliphatic rings. The molecule has 3 rings (SSSR count). The van der Waals surface area contributed by atoms with E-state index in [-0.39, 0.29) is 43.8 Å². The van der Waals surface area contributed by atoms with Gasteiger partial charge < -0.3 is 30.8 Å². The number of nitrogens with one attached hydrogen (secondary N) is 1. The zero-order valence-electron chi connectivity index (χ0n) is 25.4. The summed E-state index contributed by atoms with van der Waals surface area (Å²) >= 11 is 0. The third-order valence-corrected chi connectivity index (χ3v) is 6.95. The van der Waals surface area contributed by atoms with Gasteiger partial charge in [-0.15, -0.1) is 0 Å². The number of rotatable bonds is 11. The van der Waals surface area contributed by atoms with E-state index in [4.69, 9.17) is 15.7 Å². The molecule has 42 heavy (non-hydrogen) atoms. The van der Waals surface area contributed by atoms with Crippen molar-refractivity contribution < 1.29 is 24.3 Å². The number of aryl methyl sites for hydroxylation is 1. The molecule has 0 spiro atoms. The number of benzene rings is 2. The number of amidine groups is 1. The number of hydrogen-bond acceptors (Lipinski definition) is 8. The fraction of sp³-hybridized carbons (Fsp3) is 0.467. The summed E-state index contributed by atoms with van der Waals surface area (Å²) in [5, 5.41) is 18.5. The minimum Gasteiger partial charge on any atom is -0.444 e. The molecule has 1 heterocycles. The van der Waals surface area contributed by atoms with Crippen molar-refractivity contribution >= 4 is 29.4 Å². The quantitative estimate of drug-likeness (QED) is 0.159. The lowest BCUT2D eigenvalue weighted by Crippen LogP contribution is -2.48. The van der Waals surface area contributed by atoms with Gasteiger partial charge in [0.15, 0.2) is 5.84 Å². The maximum atomic E-state index is 13.5. The molecule has 3 amide bonds. The summed E-state index contributed by atoms with van der Waals surface area (Å²) in [4.78, 5) is 42.2. The number of oxime groups is 1. The van der Waals surface area contributed by atoms with Gasteiger partial charge in [-0.05, 0) is 69.5 Å². The average molecular weight is 582 g/mol. The van der Waals surface area contributed by atoms with Gasteiger partial charge in [0, 0.05) is 51.0 Å². The highest BCUT2D eigenvalue weighted by atomic mass is 16.6. The van der Waals surface area contributed by atoms with E-state index in [0.29, 0.717) is 30.9 Å². The van der Waals surface area contributed by atoms with Gasteiger partial charge >= 0.3 is 6.09 Å². The molecule has 12 heteroatoms. The second kappa shape index (κ2) is 14.0. The molecular weight excluding hydrogens is 538 g/mol. The molecule has 0 bridgehead atoms. The first kappa shape index (κ1) is 32.2. The predicted molar refractivity (Wildman–Crippen MR) is 161 cm³/mol. The lowest BCUT2D eigenvalue weighted by Gasteiger charge is -2.32. The van der Waals surface area contributed by atoms with Gasteiger partial charge in [-0.3, -0.25) is 14.6 Å². The van der Waals surface area contributed by atoms with Crippen molar-refractivity contribution in [2.75, 3.05) is 44.7 Å². The molecular formula is C30H43N7O5. The summed E-state index contributed by atoms with van der Waals surface area (Å²) in [5.41, 5.74) is 9.42. The molecule has 0 radical (unpaired) electrons. The van der Waals surface area contributed by atoms with Crippen LogP contribution in [0.25, 0.3) is 0 Å². The molecule has 2 aromatic carbocycles. The van der Waals surface area contributed by atoms with Gasteiger partial charge in [0.2, 0.25) is 5.91 Å². The second-order valence-electron chi connectivity index (χ2n) is 11.3. The standard InChI is InChI=1S/C30H43N7O5/c1-7-35(29(40)42-30(3,4)5)15-14-32-26(38)19-36(25-13-12-22(16-21(25)2)28(31)33-41)20-27(39)34(6)37-17-23-10-8-9-11-24(23)18-37/h8-13,16,41H,7,14-15,17-20H2,1-6H3,(H2,31,33)(H,32,38). The molecule has 0 saturated carbocycles. The van der Waals surface area contributed by atoms with Gasteiger partial charge in [0.05, 0.1) is 13.1 Å². The number of anilines is 1. The van der Waals surface area contributed by atoms with Crippen LogP contribution in [-0.4, -0.2) is 89.2 Å². The summed E-state index contributed by atoms with van der Waals surface area (Å²) in [7, 11) is 1.73. The fourth-order valence-electron chi connectivity index (χ4n) is 4.67. The van der Waals surface area contributed by atoms with E-state index in [1.165, 1.54) is 16.0 Å². The first-order chi connectivity index (χ1) is 19.8. The van der Waals surface area contributed by atoms with Crippen LogP contribution < -0.4 is 16.0 Å². The van der Waals surface area contributed by atoms with Gasteiger partial charge in [-0.1, -0.05) is 29.4 Å². The van der Waals surface area contributed by atoms with Crippen LogP contribution in [0.1, 0.15) is 49.9 Å². The Bertz CT molecular complexity index is 1280. The Morgan fingerprint density at radius 2 is 1.74 bits per heavy atom. The summed E-state index contributed by atoms with van der Waals surface area (Å²) in [5.74, 6) is -0.527. The predicted octanol–water partition coefficient (Wildman–Crippen LogP) is 2.66. The summed E-state index contributed by atoms with van der Waals surface area (Å²) in [6.45, 7) is 11.1. The van der Waals surface area contributed by atoms with Crippen LogP contribution in [0.15, 0.2) is 47.6 Å². The maximum Gasteiger partial charge on any atom is 0.410 e. The monoisotopic (exact) mass is 581 g/mol. The number of hydrogen-bond donors (Lipinski definition) is 3.